The molecule has 24 heavy (non-hydrogen) atoms. The zero-order valence-electron chi connectivity index (χ0n) is 14.6. The van der Waals surface area contributed by atoms with Crippen molar-refractivity contribution in [2.45, 2.75) is 45.9 Å². The number of carbonyl (C=O) groups excluding carboxylic acids is 2. The molecule has 1 aliphatic rings. The number of hydrogen-bond acceptors (Lipinski definition) is 7. The van der Waals surface area contributed by atoms with Gasteiger partial charge in [-0.2, -0.15) is 0 Å². The molecule has 8 nitrogen and oxygen atoms in total. The number of rotatable bonds is 4. The molecule has 1 aromatic heterocycles. The SMILES string of the molecule is CC1CN(c2cnc(COC=O)cn2)CCN1C(=O)OC(C)(C)C. The summed E-state index contributed by atoms with van der Waals surface area (Å²) >= 11 is 0. The van der Waals surface area contributed by atoms with Crippen molar-refractivity contribution in [2.24, 2.45) is 0 Å². The van der Waals surface area contributed by atoms with Gasteiger partial charge in [0.1, 0.15) is 18.0 Å². The van der Waals surface area contributed by atoms with Crippen LogP contribution in [-0.2, 0) is 20.9 Å². The molecule has 2 heterocycles. The number of amides is 1. The molecular formula is C16H24N4O4. The maximum atomic E-state index is 12.2. The second-order valence-electron chi connectivity index (χ2n) is 6.74. The lowest BCUT2D eigenvalue weighted by molar-refractivity contribution is -0.129. The second kappa shape index (κ2) is 7.46. The van der Waals surface area contributed by atoms with Crippen molar-refractivity contribution in [1.29, 1.82) is 0 Å². The maximum absolute atomic E-state index is 12.2. The maximum Gasteiger partial charge on any atom is 0.410 e. The molecule has 1 amide bonds. The summed E-state index contributed by atoms with van der Waals surface area (Å²) in [6, 6.07) is 0.00785. The first-order chi connectivity index (χ1) is 11.3. The van der Waals surface area contributed by atoms with Crippen LogP contribution >= 0.6 is 0 Å². The normalized spacial score (nSPS) is 18.2. The Balaban J connectivity index is 1.95. The Bertz CT molecular complexity index is 570. The Morgan fingerprint density at radius 3 is 2.62 bits per heavy atom. The monoisotopic (exact) mass is 336 g/mol. The second-order valence-corrected chi connectivity index (χ2v) is 6.74. The van der Waals surface area contributed by atoms with Crippen LogP contribution in [-0.4, -0.2) is 58.7 Å². The Morgan fingerprint density at radius 1 is 1.33 bits per heavy atom. The predicted octanol–water partition coefficient (Wildman–Crippen LogP) is 1.60. The Kier molecular flexibility index (Phi) is 5.58. The molecule has 0 aliphatic carbocycles. The smallest absolute Gasteiger partial charge is 0.410 e. The Labute approximate surface area is 141 Å². The summed E-state index contributed by atoms with van der Waals surface area (Å²) in [4.78, 5) is 34.8. The molecular weight excluding hydrogens is 312 g/mol. The van der Waals surface area contributed by atoms with Crippen molar-refractivity contribution in [3.05, 3.63) is 18.1 Å². The fourth-order valence-electron chi connectivity index (χ4n) is 2.46. The lowest BCUT2D eigenvalue weighted by Gasteiger charge is -2.40. The van der Waals surface area contributed by atoms with Crippen LogP contribution in [0.5, 0.6) is 0 Å². The van der Waals surface area contributed by atoms with Gasteiger partial charge in [-0.15, -0.1) is 0 Å². The summed E-state index contributed by atoms with van der Waals surface area (Å²) in [6.07, 6.45) is 2.95. The molecule has 0 spiro atoms. The summed E-state index contributed by atoms with van der Waals surface area (Å²) in [5.41, 5.74) is 0.0880. The van der Waals surface area contributed by atoms with E-state index in [1.807, 2.05) is 27.7 Å². The third kappa shape index (κ3) is 4.81. The van der Waals surface area contributed by atoms with E-state index >= 15 is 0 Å². The van der Waals surface area contributed by atoms with Gasteiger partial charge in [0.25, 0.3) is 6.47 Å². The van der Waals surface area contributed by atoms with Gasteiger partial charge in [-0.1, -0.05) is 0 Å². The van der Waals surface area contributed by atoms with Crippen LogP contribution in [0.3, 0.4) is 0 Å². The standard InChI is InChI=1S/C16H24N4O4/c1-12-9-19(5-6-20(12)15(22)24-16(2,3)4)14-8-17-13(7-18-14)10-23-11-21/h7-8,11-12H,5-6,9-10H2,1-4H3. The summed E-state index contributed by atoms with van der Waals surface area (Å²) < 4.78 is 10.1. The Morgan fingerprint density at radius 2 is 2.08 bits per heavy atom. The lowest BCUT2D eigenvalue weighted by Crippen LogP contribution is -2.55. The first-order valence-corrected chi connectivity index (χ1v) is 7.91. The highest BCUT2D eigenvalue weighted by Crippen LogP contribution is 2.19. The first kappa shape index (κ1) is 18.0. The number of nitrogens with zero attached hydrogens (tertiary/aromatic N) is 4. The van der Waals surface area contributed by atoms with Crippen molar-refractivity contribution < 1.29 is 19.1 Å². The van der Waals surface area contributed by atoms with Crippen LogP contribution in [0.2, 0.25) is 0 Å². The first-order valence-electron chi connectivity index (χ1n) is 7.91. The summed E-state index contributed by atoms with van der Waals surface area (Å²) in [7, 11) is 0. The van der Waals surface area contributed by atoms with Gasteiger partial charge >= 0.3 is 6.09 Å². The number of hydrogen-bond donors (Lipinski definition) is 0. The van der Waals surface area contributed by atoms with E-state index in [1.54, 1.807) is 17.3 Å². The predicted molar refractivity (Wildman–Crippen MR) is 87.5 cm³/mol. The minimum absolute atomic E-state index is 0.00785. The van der Waals surface area contributed by atoms with Gasteiger partial charge in [0.15, 0.2) is 0 Å². The highest BCUT2D eigenvalue weighted by Gasteiger charge is 2.31. The number of aromatic nitrogens is 2. The van der Waals surface area contributed by atoms with E-state index in [9.17, 15) is 9.59 Å². The molecule has 1 aliphatic heterocycles. The summed E-state index contributed by atoms with van der Waals surface area (Å²) in [5, 5.41) is 0. The minimum atomic E-state index is -0.501. The van der Waals surface area contributed by atoms with E-state index in [2.05, 4.69) is 19.6 Å². The fourth-order valence-corrected chi connectivity index (χ4v) is 2.46. The van der Waals surface area contributed by atoms with Gasteiger partial charge in [-0.3, -0.25) is 9.78 Å². The number of piperazine rings is 1. The molecule has 8 heteroatoms. The van der Waals surface area contributed by atoms with E-state index < -0.39 is 5.60 Å². The van der Waals surface area contributed by atoms with Crippen LogP contribution in [0.25, 0.3) is 0 Å². The van der Waals surface area contributed by atoms with Crippen LogP contribution in [0.4, 0.5) is 10.6 Å². The molecule has 132 valence electrons. The van der Waals surface area contributed by atoms with Gasteiger partial charge < -0.3 is 19.3 Å². The van der Waals surface area contributed by atoms with Crippen molar-refractivity contribution in [2.75, 3.05) is 24.5 Å². The van der Waals surface area contributed by atoms with Crippen LogP contribution in [0.15, 0.2) is 12.4 Å². The van der Waals surface area contributed by atoms with Gasteiger partial charge in [-0.25, -0.2) is 9.78 Å². The fraction of sp³-hybridized carbons (Fsp3) is 0.625. The highest BCUT2D eigenvalue weighted by atomic mass is 16.6. The van der Waals surface area contributed by atoms with E-state index in [0.29, 0.717) is 31.8 Å². The average molecular weight is 336 g/mol. The number of ether oxygens (including phenoxy) is 2. The molecule has 1 fully saturated rings. The summed E-state index contributed by atoms with van der Waals surface area (Å²) in [6.45, 7) is 9.92. The van der Waals surface area contributed by atoms with Crippen LogP contribution < -0.4 is 4.90 Å². The molecule has 0 saturated carbocycles. The van der Waals surface area contributed by atoms with E-state index in [-0.39, 0.29) is 18.7 Å². The number of anilines is 1. The molecule has 2 rings (SSSR count). The lowest BCUT2D eigenvalue weighted by atomic mass is 10.2. The topological polar surface area (TPSA) is 84.9 Å². The molecule has 1 unspecified atom stereocenters. The third-order valence-corrected chi connectivity index (χ3v) is 3.57. The molecule has 0 aromatic carbocycles. The zero-order chi connectivity index (χ0) is 17.7. The van der Waals surface area contributed by atoms with Crippen molar-refractivity contribution in [1.82, 2.24) is 14.9 Å². The third-order valence-electron chi connectivity index (χ3n) is 3.57. The van der Waals surface area contributed by atoms with E-state index in [0.717, 1.165) is 5.82 Å². The number of carbonyl (C=O) groups is 2. The zero-order valence-corrected chi connectivity index (χ0v) is 14.6. The summed E-state index contributed by atoms with van der Waals surface area (Å²) in [5.74, 6) is 0.737. The van der Waals surface area contributed by atoms with Gasteiger partial charge in [0.2, 0.25) is 0 Å². The van der Waals surface area contributed by atoms with Crippen molar-refractivity contribution in [3.8, 4) is 0 Å². The molecule has 0 radical (unpaired) electrons. The van der Waals surface area contributed by atoms with Gasteiger partial charge in [0.05, 0.1) is 18.1 Å². The van der Waals surface area contributed by atoms with Crippen LogP contribution in [0, 0.1) is 0 Å². The Hall–Kier alpha value is -2.38. The average Bonchev–Trinajstić information content (AvgIpc) is 2.51. The molecule has 0 N–H and O–H groups in total. The van der Waals surface area contributed by atoms with Crippen molar-refractivity contribution in [3.63, 3.8) is 0 Å². The van der Waals surface area contributed by atoms with E-state index in [4.69, 9.17) is 4.74 Å². The molecule has 1 aromatic rings. The van der Waals surface area contributed by atoms with E-state index in [1.165, 1.54) is 0 Å². The van der Waals surface area contributed by atoms with Crippen LogP contribution in [0.1, 0.15) is 33.4 Å². The largest absolute Gasteiger partial charge is 0.461 e. The minimum Gasteiger partial charge on any atom is -0.461 e. The molecule has 1 saturated heterocycles. The van der Waals surface area contributed by atoms with Gasteiger partial charge in [-0.05, 0) is 27.7 Å². The van der Waals surface area contributed by atoms with Crippen molar-refractivity contribution >= 4 is 18.4 Å². The molecule has 1 atom stereocenters. The van der Waals surface area contributed by atoms with Gasteiger partial charge in [0, 0.05) is 25.7 Å². The molecule has 0 bridgehead atoms. The quantitative estimate of drug-likeness (QED) is 0.772. The highest BCUT2D eigenvalue weighted by molar-refractivity contribution is 5.69.